The van der Waals surface area contributed by atoms with Gasteiger partial charge < -0.3 is 33.9 Å². The van der Waals surface area contributed by atoms with Crippen LogP contribution in [0.25, 0.3) is 0 Å². The van der Waals surface area contributed by atoms with Crippen molar-refractivity contribution in [2.45, 2.75) is 82.6 Å². The Kier molecular flexibility index (Phi) is 7.43. The fourth-order valence-corrected chi connectivity index (χ4v) is 6.89. The van der Waals surface area contributed by atoms with E-state index in [4.69, 9.17) is 23.7 Å². The van der Waals surface area contributed by atoms with Gasteiger partial charge in [0, 0.05) is 29.4 Å². The van der Waals surface area contributed by atoms with Gasteiger partial charge in [-0.2, -0.15) is 0 Å². The van der Waals surface area contributed by atoms with Crippen LogP contribution in [0.5, 0.6) is 0 Å². The van der Waals surface area contributed by atoms with Crippen molar-refractivity contribution in [2.24, 2.45) is 10.8 Å². The van der Waals surface area contributed by atoms with E-state index in [1.54, 1.807) is 25.2 Å². The molecule has 3 heterocycles. The molecule has 0 aromatic carbocycles. The van der Waals surface area contributed by atoms with Crippen LogP contribution in [-0.2, 0) is 33.3 Å². The van der Waals surface area contributed by atoms with E-state index in [-0.39, 0.29) is 31.4 Å². The number of aliphatic hydroxyl groups excluding tert-OH is 2. The average molecular weight is 531 g/mol. The van der Waals surface area contributed by atoms with Crippen molar-refractivity contribution in [3.05, 3.63) is 47.6 Å². The molecule has 208 valence electrons. The molecule has 9 nitrogen and oxygen atoms in total. The van der Waals surface area contributed by atoms with Crippen molar-refractivity contribution in [1.29, 1.82) is 0 Å². The molecule has 0 aromatic heterocycles. The Morgan fingerprint density at radius 3 is 2.79 bits per heavy atom. The maximum absolute atomic E-state index is 12.9. The first-order chi connectivity index (χ1) is 18.1. The van der Waals surface area contributed by atoms with Crippen molar-refractivity contribution >= 4 is 11.9 Å². The van der Waals surface area contributed by atoms with Crippen molar-refractivity contribution in [3.8, 4) is 0 Å². The molecule has 9 heteroatoms. The maximum Gasteiger partial charge on any atom is 0.331 e. The van der Waals surface area contributed by atoms with Gasteiger partial charge in [-0.1, -0.05) is 36.8 Å². The van der Waals surface area contributed by atoms with E-state index in [1.807, 2.05) is 0 Å². The highest BCUT2D eigenvalue weighted by molar-refractivity contribution is 5.85. The lowest BCUT2D eigenvalue weighted by molar-refractivity contribution is -0.228. The Bertz CT molecular complexity index is 1070. The number of fused-ring (bicyclic) bond motifs is 2. The van der Waals surface area contributed by atoms with Crippen molar-refractivity contribution in [1.82, 2.24) is 0 Å². The van der Waals surface area contributed by atoms with E-state index in [0.717, 1.165) is 18.4 Å². The van der Waals surface area contributed by atoms with Crippen molar-refractivity contribution < 1.29 is 43.5 Å². The number of aliphatic hydroxyl groups is 2. The van der Waals surface area contributed by atoms with Crippen LogP contribution < -0.4 is 0 Å². The van der Waals surface area contributed by atoms with Crippen LogP contribution in [0.4, 0.5) is 0 Å². The van der Waals surface area contributed by atoms with Crippen LogP contribution in [0.2, 0.25) is 0 Å². The Morgan fingerprint density at radius 1 is 1.34 bits per heavy atom. The van der Waals surface area contributed by atoms with Crippen LogP contribution in [0.15, 0.2) is 47.6 Å². The fourth-order valence-electron chi connectivity index (χ4n) is 6.89. The lowest BCUT2D eigenvalue weighted by Gasteiger charge is -2.58. The second-order valence-electron chi connectivity index (χ2n) is 11.4. The predicted molar refractivity (Wildman–Crippen MR) is 136 cm³/mol. The molecule has 0 radical (unpaired) electrons. The minimum Gasteiger partial charge on any atom is -0.458 e. The molecule has 8 atom stereocenters. The molecule has 5 rings (SSSR count). The molecular weight excluding hydrogens is 492 g/mol. The number of epoxide rings is 1. The molecule has 3 fully saturated rings. The molecule has 2 bridgehead atoms. The van der Waals surface area contributed by atoms with Crippen molar-refractivity contribution in [3.63, 3.8) is 0 Å². The number of allylic oxidation sites excluding steroid dienone is 3. The minimum absolute atomic E-state index is 0.0657. The third-order valence-corrected chi connectivity index (χ3v) is 9.33. The zero-order valence-electron chi connectivity index (χ0n) is 22.3. The molecule has 2 saturated heterocycles. The topological polar surface area (TPSA) is 124 Å². The Hall–Kier alpha value is -2.30. The summed E-state index contributed by atoms with van der Waals surface area (Å²) in [6.07, 6.45) is 10.3. The average Bonchev–Trinajstić information content (AvgIpc) is 3.55. The van der Waals surface area contributed by atoms with E-state index in [0.29, 0.717) is 26.1 Å². The van der Waals surface area contributed by atoms with E-state index in [1.165, 1.54) is 17.7 Å². The third kappa shape index (κ3) is 4.48. The first-order valence-corrected chi connectivity index (χ1v) is 13.4. The van der Waals surface area contributed by atoms with Crippen LogP contribution in [0.1, 0.15) is 46.5 Å². The Morgan fingerprint density at radius 2 is 2.13 bits per heavy atom. The zero-order valence-corrected chi connectivity index (χ0v) is 22.3. The molecule has 0 unspecified atom stereocenters. The molecular formula is C29H38O9. The number of hydrogen-bond donors (Lipinski definition) is 2. The quantitative estimate of drug-likeness (QED) is 0.144. The molecule has 1 spiro atoms. The summed E-state index contributed by atoms with van der Waals surface area (Å²) in [6, 6.07) is 0. The minimum atomic E-state index is -0.759. The summed E-state index contributed by atoms with van der Waals surface area (Å²) in [5.74, 6) is -0.827. The summed E-state index contributed by atoms with van der Waals surface area (Å²) < 4.78 is 29.1. The van der Waals surface area contributed by atoms with Crippen LogP contribution in [-0.4, -0.2) is 84.7 Å². The Balaban J connectivity index is 1.21. The lowest BCUT2D eigenvalue weighted by atomic mass is 9.51. The van der Waals surface area contributed by atoms with Gasteiger partial charge in [0.05, 0.1) is 38.1 Å². The van der Waals surface area contributed by atoms with E-state index >= 15 is 0 Å². The van der Waals surface area contributed by atoms with E-state index in [9.17, 15) is 19.8 Å². The normalized spacial score (nSPS) is 39.2. The van der Waals surface area contributed by atoms with Gasteiger partial charge in [0.25, 0.3) is 0 Å². The van der Waals surface area contributed by atoms with Gasteiger partial charge in [-0.25, -0.2) is 9.59 Å². The van der Waals surface area contributed by atoms with Crippen LogP contribution >= 0.6 is 0 Å². The highest BCUT2D eigenvalue weighted by Crippen LogP contribution is 2.71. The monoisotopic (exact) mass is 530 g/mol. The predicted octanol–water partition coefficient (Wildman–Crippen LogP) is 2.32. The first-order valence-electron chi connectivity index (χ1n) is 13.4. The lowest BCUT2D eigenvalue weighted by Crippen LogP contribution is -2.66. The molecule has 2 N–H and O–H groups in total. The molecule has 0 amide bonds. The highest BCUT2D eigenvalue weighted by atomic mass is 16.6. The van der Waals surface area contributed by atoms with Gasteiger partial charge in [-0.05, 0) is 38.7 Å². The van der Waals surface area contributed by atoms with Crippen molar-refractivity contribution in [2.75, 3.05) is 26.4 Å². The van der Waals surface area contributed by atoms with Gasteiger partial charge in [0.1, 0.15) is 24.4 Å². The maximum atomic E-state index is 12.9. The summed E-state index contributed by atoms with van der Waals surface area (Å²) in [7, 11) is 0. The molecule has 2 aliphatic carbocycles. The van der Waals surface area contributed by atoms with Gasteiger partial charge >= 0.3 is 11.9 Å². The summed E-state index contributed by atoms with van der Waals surface area (Å²) in [4.78, 5) is 24.0. The largest absolute Gasteiger partial charge is 0.458 e. The van der Waals surface area contributed by atoms with Crippen LogP contribution in [0, 0.1) is 10.8 Å². The third-order valence-electron chi connectivity index (χ3n) is 9.33. The number of esters is 2. The summed E-state index contributed by atoms with van der Waals surface area (Å²) in [5.41, 5.74) is 0.413. The van der Waals surface area contributed by atoms with Gasteiger partial charge in [-0.15, -0.1) is 0 Å². The fraction of sp³-hybridized carbons (Fsp3) is 0.655. The van der Waals surface area contributed by atoms with E-state index in [2.05, 4.69) is 19.9 Å². The summed E-state index contributed by atoms with van der Waals surface area (Å²) >= 11 is 0. The molecule has 0 aromatic rings. The molecule has 5 aliphatic rings. The summed E-state index contributed by atoms with van der Waals surface area (Å²) in [6.45, 7) is 6.87. The number of carbonyl (C=O) groups excluding carboxylic acids is 2. The number of cyclic esters (lactones) is 1. The number of rotatable bonds is 10. The second-order valence-corrected chi connectivity index (χ2v) is 11.4. The number of carbonyl (C=O) groups is 2. The van der Waals surface area contributed by atoms with E-state index < -0.39 is 40.7 Å². The second kappa shape index (κ2) is 10.4. The molecule has 38 heavy (non-hydrogen) atoms. The van der Waals surface area contributed by atoms with Crippen LogP contribution in [0.3, 0.4) is 0 Å². The molecule has 3 aliphatic heterocycles. The number of hydrogen-bond acceptors (Lipinski definition) is 9. The smallest absolute Gasteiger partial charge is 0.331 e. The van der Waals surface area contributed by atoms with Gasteiger partial charge in [0.15, 0.2) is 0 Å². The Labute approximate surface area is 223 Å². The summed E-state index contributed by atoms with van der Waals surface area (Å²) in [5, 5.41) is 20.7. The highest BCUT2D eigenvalue weighted by Gasteiger charge is 2.82. The number of ether oxygens (including phenoxy) is 5. The standard InChI is InChI=1S/C29H38O9/c1-18-8-10-28(16-30)23(12-18)37-24-14-22(27(28,3)29(24)17-36-29)38-25(32)7-5-4-6-21(19(2)31)34-11-9-20-13-26(33)35-15-20/h4-7,12-13,19,21-24,30-31H,8-11,14-17H2,1-3H3/b6-4+,7-5-/t19-,21-,22+,23+,24+,27+,28+,29-/m0/s1. The van der Waals surface area contributed by atoms with Gasteiger partial charge in [-0.3, -0.25) is 0 Å². The molecule has 1 saturated carbocycles. The van der Waals surface area contributed by atoms with Gasteiger partial charge in [0.2, 0.25) is 0 Å². The first kappa shape index (κ1) is 27.3. The zero-order chi connectivity index (χ0) is 27.1. The SMILES string of the molecule is CC1=C[C@H]2O[C@@H]3C[C@@H](OC(=O)/C=C\C=C\[C@H](OCCC4=CC(=O)OC4)[C@H](C)O)[C@](C)([C@@]2(CO)CC1)[C@]31CO1.